The predicted molar refractivity (Wildman–Crippen MR) is 105 cm³/mol. The molecule has 2 aromatic carbocycles. The Bertz CT molecular complexity index is 1080. The van der Waals surface area contributed by atoms with Crippen LogP contribution in [0.5, 0.6) is 17.2 Å². The van der Waals surface area contributed by atoms with E-state index in [0.29, 0.717) is 39.6 Å². The Morgan fingerprint density at radius 3 is 2.32 bits per heavy atom. The van der Waals surface area contributed by atoms with Gasteiger partial charge in [0.25, 0.3) is 5.91 Å². The SMILES string of the molecule is CNS(=O)(=O)c1ccc2c(c1)C(=Cc1ccc(OC)c(OC)c1OC)C(=O)N2. The molecule has 148 valence electrons. The van der Waals surface area contributed by atoms with Crippen molar-refractivity contribution in [1.29, 1.82) is 0 Å². The van der Waals surface area contributed by atoms with E-state index in [4.69, 9.17) is 14.2 Å². The van der Waals surface area contributed by atoms with Crippen LogP contribution in [-0.4, -0.2) is 42.7 Å². The molecule has 0 fully saturated rings. The summed E-state index contributed by atoms with van der Waals surface area (Å²) in [6, 6.07) is 7.88. The monoisotopic (exact) mass is 404 g/mol. The number of ether oxygens (including phenoxy) is 3. The zero-order valence-corrected chi connectivity index (χ0v) is 16.6. The molecule has 0 saturated heterocycles. The molecule has 0 bridgehead atoms. The van der Waals surface area contributed by atoms with E-state index in [1.165, 1.54) is 40.5 Å². The number of hydrogen-bond acceptors (Lipinski definition) is 6. The quantitative estimate of drug-likeness (QED) is 0.715. The average Bonchev–Trinajstić information content (AvgIpc) is 3.01. The number of hydrogen-bond donors (Lipinski definition) is 2. The van der Waals surface area contributed by atoms with E-state index >= 15 is 0 Å². The minimum absolute atomic E-state index is 0.0652. The molecule has 0 saturated carbocycles. The summed E-state index contributed by atoms with van der Waals surface area (Å²) in [5.41, 5.74) is 1.91. The van der Waals surface area contributed by atoms with Gasteiger partial charge in [0.2, 0.25) is 15.8 Å². The van der Waals surface area contributed by atoms with Crippen molar-refractivity contribution in [2.24, 2.45) is 0 Å². The summed E-state index contributed by atoms with van der Waals surface area (Å²) >= 11 is 0. The van der Waals surface area contributed by atoms with Gasteiger partial charge in [-0.25, -0.2) is 13.1 Å². The second-order valence-corrected chi connectivity index (χ2v) is 7.74. The lowest BCUT2D eigenvalue weighted by molar-refractivity contribution is -0.110. The van der Waals surface area contributed by atoms with Crippen molar-refractivity contribution in [3.8, 4) is 17.2 Å². The molecule has 3 rings (SSSR count). The highest BCUT2D eigenvalue weighted by molar-refractivity contribution is 7.89. The van der Waals surface area contributed by atoms with Crippen molar-refractivity contribution in [3.05, 3.63) is 41.5 Å². The summed E-state index contributed by atoms with van der Waals surface area (Å²) in [5.74, 6) is 0.935. The fourth-order valence-electron chi connectivity index (χ4n) is 2.99. The minimum atomic E-state index is -3.64. The van der Waals surface area contributed by atoms with Crippen molar-refractivity contribution in [2.75, 3.05) is 33.7 Å². The van der Waals surface area contributed by atoms with Gasteiger partial charge in [-0.2, -0.15) is 0 Å². The zero-order valence-electron chi connectivity index (χ0n) is 15.8. The van der Waals surface area contributed by atoms with Gasteiger partial charge in [0, 0.05) is 22.4 Å². The zero-order chi connectivity index (χ0) is 20.5. The Kier molecular flexibility index (Phi) is 5.30. The number of methoxy groups -OCH3 is 3. The highest BCUT2D eigenvalue weighted by Crippen LogP contribution is 2.42. The Balaban J connectivity index is 2.18. The smallest absolute Gasteiger partial charge is 0.256 e. The van der Waals surface area contributed by atoms with Gasteiger partial charge in [0.15, 0.2) is 11.5 Å². The maximum atomic E-state index is 12.5. The van der Waals surface area contributed by atoms with Crippen molar-refractivity contribution < 1.29 is 27.4 Å². The van der Waals surface area contributed by atoms with Crippen molar-refractivity contribution in [1.82, 2.24) is 4.72 Å². The molecular weight excluding hydrogens is 384 g/mol. The number of sulfonamides is 1. The van der Waals surface area contributed by atoms with Crippen molar-refractivity contribution in [2.45, 2.75) is 4.90 Å². The molecule has 1 aliphatic heterocycles. The molecule has 0 radical (unpaired) electrons. The van der Waals surface area contributed by atoms with Gasteiger partial charge < -0.3 is 19.5 Å². The van der Waals surface area contributed by atoms with Crippen LogP contribution in [0.2, 0.25) is 0 Å². The first kappa shape index (κ1) is 19.7. The first-order valence-corrected chi connectivity index (χ1v) is 9.74. The second-order valence-electron chi connectivity index (χ2n) is 5.85. The fourth-order valence-corrected chi connectivity index (χ4v) is 3.74. The number of benzene rings is 2. The van der Waals surface area contributed by atoms with Gasteiger partial charge in [-0.05, 0) is 43.5 Å². The molecule has 28 heavy (non-hydrogen) atoms. The van der Waals surface area contributed by atoms with Crippen LogP contribution in [0.3, 0.4) is 0 Å². The molecule has 1 amide bonds. The highest BCUT2D eigenvalue weighted by Gasteiger charge is 2.27. The van der Waals surface area contributed by atoms with Crippen LogP contribution in [0.15, 0.2) is 35.2 Å². The predicted octanol–water partition coefficient (Wildman–Crippen LogP) is 2.11. The summed E-state index contributed by atoms with van der Waals surface area (Å²) in [7, 11) is 2.18. The Labute approximate surface area is 163 Å². The topological polar surface area (TPSA) is 103 Å². The number of nitrogens with one attached hydrogen (secondary N) is 2. The third-order valence-corrected chi connectivity index (χ3v) is 5.80. The van der Waals surface area contributed by atoms with Gasteiger partial charge in [-0.15, -0.1) is 0 Å². The maximum absolute atomic E-state index is 12.5. The van der Waals surface area contributed by atoms with E-state index in [2.05, 4.69) is 10.0 Å². The molecule has 1 aliphatic rings. The van der Waals surface area contributed by atoms with Gasteiger partial charge in [-0.3, -0.25) is 4.79 Å². The molecule has 2 aromatic rings. The van der Waals surface area contributed by atoms with E-state index in [1.807, 2.05) is 0 Å². The van der Waals surface area contributed by atoms with Crippen LogP contribution in [0.4, 0.5) is 5.69 Å². The summed E-state index contributed by atoms with van der Waals surface area (Å²) in [5, 5.41) is 2.73. The number of anilines is 1. The largest absolute Gasteiger partial charge is 0.493 e. The average molecular weight is 404 g/mol. The van der Waals surface area contributed by atoms with Crippen LogP contribution < -0.4 is 24.2 Å². The third kappa shape index (κ3) is 3.30. The number of carbonyl (C=O) groups is 1. The van der Waals surface area contributed by atoms with Crippen LogP contribution in [0.1, 0.15) is 11.1 Å². The second kappa shape index (κ2) is 7.53. The fraction of sp³-hybridized carbons (Fsp3) is 0.211. The lowest BCUT2D eigenvalue weighted by atomic mass is 10.0. The molecule has 9 heteroatoms. The molecule has 1 heterocycles. The first-order chi connectivity index (χ1) is 13.4. The third-order valence-electron chi connectivity index (χ3n) is 4.39. The Hall–Kier alpha value is -3.04. The standard InChI is InChI=1S/C19H20N2O6S/c1-20-28(23,24)12-6-7-15-13(10-12)14(19(22)21-15)9-11-5-8-16(25-2)18(27-4)17(11)26-3/h5-10,20H,1-4H3,(H,21,22). The van der Waals surface area contributed by atoms with Crippen LogP contribution in [-0.2, 0) is 14.8 Å². The summed E-state index contributed by atoms with van der Waals surface area (Å²) < 4.78 is 42.6. The van der Waals surface area contributed by atoms with Gasteiger partial charge in [0.05, 0.1) is 26.2 Å². The molecular formula is C19H20N2O6S. The Morgan fingerprint density at radius 1 is 1.00 bits per heavy atom. The van der Waals surface area contributed by atoms with Gasteiger partial charge in [-0.1, -0.05) is 0 Å². The number of carbonyl (C=O) groups excluding carboxylic acids is 1. The lowest BCUT2D eigenvalue weighted by Gasteiger charge is -2.14. The van der Waals surface area contributed by atoms with Crippen LogP contribution in [0.25, 0.3) is 11.6 Å². The molecule has 0 aliphatic carbocycles. The van der Waals surface area contributed by atoms with Crippen molar-refractivity contribution >= 4 is 33.3 Å². The number of rotatable bonds is 6. The summed E-state index contributed by atoms with van der Waals surface area (Å²) in [6.07, 6.45) is 1.62. The number of fused-ring (bicyclic) bond motifs is 1. The van der Waals surface area contributed by atoms with Gasteiger partial charge in [0.1, 0.15) is 0 Å². The molecule has 2 N–H and O–H groups in total. The van der Waals surface area contributed by atoms with E-state index in [9.17, 15) is 13.2 Å². The molecule has 0 atom stereocenters. The lowest BCUT2D eigenvalue weighted by Crippen LogP contribution is -2.18. The van der Waals surface area contributed by atoms with Gasteiger partial charge >= 0.3 is 0 Å². The van der Waals surface area contributed by atoms with Crippen LogP contribution >= 0.6 is 0 Å². The minimum Gasteiger partial charge on any atom is -0.493 e. The van der Waals surface area contributed by atoms with E-state index < -0.39 is 10.0 Å². The first-order valence-electron chi connectivity index (χ1n) is 8.26. The van der Waals surface area contributed by atoms with E-state index in [-0.39, 0.29) is 10.8 Å². The van der Waals surface area contributed by atoms with E-state index in [1.54, 1.807) is 24.3 Å². The summed E-state index contributed by atoms with van der Waals surface area (Å²) in [4.78, 5) is 12.6. The van der Waals surface area contributed by atoms with Crippen molar-refractivity contribution in [3.63, 3.8) is 0 Å². The normalized spacial score (nSPS) is 14.6. The molecule has 0 spiro atoms. The molecule has 8 nitrogen and oxygen atoms in total. The maximum Gasteiger partial charge on any atom is 0.256 e. The molecule has 0 unspecified atom stereocenters. The number of amides is 1. The highest BCUT2D eigenvalue weighted by atomic mass is 32.2. The van der Waals surface area contributed by atoms with Crippen LogP contribution in [0, 0.1) is 0 Å². The van der Waals surface area contributed by atoms with E-state index in [0.717, 1.165) is 0 Å². The Morgan fingerprint density at radius 2 is 1.71 bits per heavy atom. The molecule has 0 aromatic heterocycles. The summed E-state index contributed by atoms with van der Waals surface area (Å²) in [6.45, 7) is 0.